The lowest BCUT2D eigenvalue weighted by molar-refractivity contribution is -0.143. The fourth-order valence-corrected chi connectivity index (χ4v) is 1.73. The molecule has 0 radical (unpaired) electrons. The van der Waals surface area contributed by atoms with E-state index in [1.165, 1.54) is 4.90 Å². The number of nitrogens with zero attached hydrogens (tertiary/aromatic N) is 1. The zero-order chi connectivity index (χ0) is 15.0. The van der Waals surface area contributed by atoms with Gasteiger partial charge in [0.25, 0.3) is 5.91 Å². The number of benzene rings is 1. The van der Waals surface area contributed by atoms with Crippen LogP contribution in [0.15, 0.2) is 24.3 Å². The van der Waals surface area contributed by atoms with Crippen LogP contribution in [-0.4, -0.2) is 43.1 Å². The predicted molar refractivity (Wildman–Crippen MR) is 75.8 cm³/mol. The third kappa shape index (κ3) is 4.57. The number of hydrogen-bond acceptors (Lipinski definition) is 4. The van der Waals surface area contributed by atoms with Gasteiger partial charge < -0.3 is 14.4 Å². The number of carbonyl (C=O) groups excluding carboxylic acids is 2. The number of hydrogen-bond donors (Lipinski definition) is 0. The zero-order valence-corrected chi connectivity index (χ0v) is 12.2. The summed E-state index contributed by atoms with van der Waals surface area (Å²) in [5.74, 6) is 0.134. The largest absolute Gasteiger partial charge is 0.494 e. The molecule has 0 unspecified atom stereocenters. The number of rotatable bonds is 7. The molecule has 0 atom stereocenters. The molecular weight excluding hydrogens is 258 g/mol. The predicted octanol–water partition coefficient (Wildman–Crippen LogP) is 2.11. The number of amides is 1. The summed E-state index contributed by atoms with van der Waals surface area (Å²) in [5.41, 5.74) is 0.527. The minimum Gasteiger partial charge on any atom is -0.494 e. The van der Waals surface area contributed by atoms with Crippen LogP contribution >= 0.6 is 0 Å². The highest BCUT2D eigenvalue weighted by Gasteiger charge is 2.17. The van der Waals surface area contributed by atoms with E-state index in [9.17, 15) is 9.59 Å². The Hall–Kier alpha value is -2.04. The first-order chi connectivity index (χ1) is 9.62. The van der Waals surface area contributed by atoms with Crippen molar-refractivity contribution in [2.24, 2.45) is 0 Å². The van der Waals surface area contributed by atoms with Gasteiger partial charge in [-0.15, -0.1) is 0 Å². The molecule has 5 nitrogen and oxygen atoms in total. The minimum absolute atomic E-state index is 0.0314. The molecule has 0 aromatic heterocycles. The van der Waals surface area contributed by atoms with Gasteiger partial charge in [-0.2, -0.15) is 0 Å². The fraction of sp³-hybridized carbons (Fsp3) is 0.467. The highest BCUT2D eigenvalue weighted by Crippen LogP contribution is 2.13. The normalized spacial score (nSPS) is 9.95. The number of carbonyl (C=O) groups is 2. The van der Waals surface area contributed by atoms with Crippen molar-refractivity contribution in [2.45, 2.75) is 20.8 Å². The third-order valence-electron chi connectivity index (χ3n) is 2.71. The van der Waals surface area contributed by atoms with Crippen molar-refractivity contribution >= 4 is 11.9 Å². The molecule has 0 heterocycles. The topological polar surface area (TPSA) is 55.8 Å². The Morgan fingerprint density at radius 1 is 1.05 bits per heavy atom. The van der Waals surface area contributed by atoms with Crippen LogP contribution in [0, 0.1) is 0 Å². The fourth-order valence-electron chi connectivity index (χ4n) is 1.73. The number of esters is 1. The second-order valence-corrected chi connectivity index (χ2v) is 4.08. The van der Waals surface area contributed by atoms with Crippen LogP contribution in [0.25, 0.3) is 0 Å². The Morgan fingerprint density at radius 2 is 1.70 bits per heavy atom. The Labute approximate surface area is 119 Å². The van der Waals surface area contributed by atoms with Crippen LogP contribution in [-0.2, 0) is 9.53 Å². The molecule has 0 aliphatic heterocycles. The summed E-state index contributed by atoms with van der Waals surface area (Å²) in [5, 5.41) is 0. The van der Waals surface area contributed by atoms with Gasteiger partial charge in [-0.1, -0.05) is 0 Å². The van der Waals surface area contributed by atoms with Crippen molar-refractivity contribution in [1.29, 1.82) is 0 Å². The van der Waals surface area contributed by atoms with Crippen LogP contribution in [0.2, 0.25) is 0 Å². The zero-order valence-electron chi connectivity index (χ0n) is 12.2. The monoisotopic (exact) mass is 279 g/mol. The molecule has 0 bridgehead atoms. The van der Waals surface area contributed by atoms with Gasteiger partial charge in [-0.25, -0.2) is 0 Å². The maximum atomic E-state index is 12.3. The molecule has 0 saturated carbocycles. The van der Waals surface area contributed by atoms with E-state index in [-0.39, 0.29) is 12.5 Å². The van der Waals surface area contributed by atoms with Crippen LogP contribution < -0.4 is 4.74 Å². The van der Waals surface area contributed by atoms with E-state index in [1.807, 2.05) is 13.8 Å². The Kier molecular flexibility index (Phi) is 6.56. The number of ether oxygens (including phenoxy) is 2. The van der Waals surface area contributed by atoms with Crippen LogP contribution in [0.3, 0.4) is 0 Å². The SMILES string of the molecule is CCOC(=O)CN(CC)C(=O)c1ccc(OCC)cc1. The second-order valence-electron chi connectivity index (χ2n) is 4.08. The molecule has 1 rings (SSSR count). The average Bonchev–Trinajstić information content (AvgIpc) is 2.45. The quantitative estimate of drug-likeness (QED) is 0.717. The smallest absolute Gasteiger partial charge is 0.325 e. The summed E-state index contributed by atoms with van der Waals surface area (Å²) >= 11 is 0. The van der Waals surface area contributed by atoms with Gasteiger partial charge in [0.1, 0.15) is 12.3 Å². The van der Waals surface area contributed by atoms with Gasteiger partial charge >= 0.3 is 5.97 Å². The first-order valence-corrected chi connectivity index (χ1v) is 6.80. The molecule has 0 aliphatic carbocycles. The molecule has 1 amide bonds. The Balaban J connectivity index is 2.72. The van der Waals surface area contributed by atoms with Gasteiger partial charge in [0.05, 0.1) is 13.2 Å². The molecule has 0 aliphatic rings. The molecule has 1 aromatic carbocycles. The molecule has 0 spiro atoms. The average molecular weight is 279 g/mol. The van der Waals surface area contributed by atoms with E-state index in [0.29, 0.717) is 25.3 Å². The summed E-state index contributed by atoms with van der Waals surface area (Å²) in [6.45, 7) is 6.78. The molecule has 0 fully saturated rings. The van der Waals surface area contributed by atoms with E-state index in [1.54, 1.807) is 31.2 Å². The lowest BCUT2D eigenvalue weighted by atomic mass is 10.2. The van der Waals surface area contributed by atoms with Crippen molar-refractivity contribution in [1.82, 2.24) is 4.90 Å². The molecule has 0 N–H and O–H groups in total. The van der Waals surface area contributed by atoms with E-state index < -0.39 is 5.97 Å². The van der Waals surface area contributed by atoms with E-state index in [4.69, 9.17) is 9.47 Å². The highest BCUT2D eigenvalue weighted by molar-refractivity contribution is 5.96. The van der Waals surface area contributed by atoms with E-state index >= 15 is 0 Å². The van der Waals surface area contributed by atoms with Gasteiger partial charge in [-0.3, -0.25) is 9.59 Å². The maximum Gasteiger partial charge on any atom is 0.325 e. The van der Waals surface area contributed by atoms with Crippen LogP contribution in [0.1, 0.15) is 31.1 Å². The van der Waals surface area contributed by atoms with Crippen LogP contribution in [0.5, 0.6) is 5.75 Å². The highest BCUT2D eigenvalue weighted by atomic mass is 16.5. The standard InChI is InChI=1S/C15H21NO4/c1-4-16(11-14(17)20-6-3)15(18)12-7-9-13(10-8-12)19-5-2/h7-10H,4-6,11H2,1-3H3. The van der Waals surface area contributed by atoms with Crippen molar-refractivity contribution in [3.05, 3.63) is 29.8 Å². The summed E-state index contributed by atoms with van der Waals surface area (Å²) in [4.78, 5) is 25.2. The lowest BCUT2D eigenvalue weighted by Crippen LogP contribution is -2.36. The molecule has 0 saturated heterocycles. The van der Waals surface area contributed by atoms with Gasteiger partial charge in [0, 0.05) is 12.1 Å². The first-order valence-electron chi connectivity index (χ1n) is 6.80. The molecular formula is C15H21NO4. The van der Waals surface area contributed by atoms with E-state index in [2.05, 4.69) is 0 Å². The van der Waals surface area contributed by atoms with Crippen molar-refractivity contribution in [2.75, 3.05) is 26.3 Å². The Morgan fingerprint density at radius 3 is 2.20 bits per heavy atom. The van der Waals surface area contributed by atoms with Crippen LogP contribution in [0.4, 0.5) is 0 Å². The summed E-state index contributed by atoms with van der Waals surface area (Å²) in [7, 11) is 0. The van der Waals surface area contributed by atoms with E-state index in [0.717, 1.165) is 5.75 Å². The lowest BCUT2D eigenvalue weighted by Gasteiger charge is -2.19. The first kappa shape index (κ1) is 16.0. The maximum absolute atomic E-state index is 12.3. The molecule has 1 aromatic rings. The van der Waals surface area contributed by atoms with Gasteiger partial charge in [0.15, 0.2) is 0 Å². The summed E-state index contributed by atoms with van der Waals surface area (Å²) < 4.78 is 10.2. The van der Waals surface area contributed by atoms with Gasteiger partial charge in [0.2, 0.25) is 0 Å². The number of likely N-dealkylation sites (N-methyl/N-ethyl adjacent to an activating group) is 1. The van der Waals surface area contributed by atoms with Gasteiger partial charge in [-0.05, 0) is 45.0 Å². The molecule has 5 heteroatoms. The molecule has 110 valence electrons. The molecule has 20 heavy (non-hydrogen) atoms. The summed E-state index contributed by atoms with van der Waals surface area (Å²) in [6, 6.07) is 6.88. The summed E-state index contributed by atoms with van der Waals surface area (Å²) in [6.07, 6.45) is 0. The van der Waals surface area contributed by atoms with Crippen molar-refractivity contribution < 1.29 is 19.1 Å². The van der Waals surface area contributed by atoms with Crippen molar-refractivity contribution in [3.63, 3.8) is 0 Å². The Bertz CT molecular complexity index is 442. The van der Waals surface area contributed by atoms with Crippen molar-refractivity contribution in [3.8, 4) is 5.75 Å². The third-order valence-corrected chi connectivity index (χ3v) is 2.71. The second kappa shape index (κ2) is 8.19. The minimum atomic E-state index is -0.395.